The van der Waals surface area contributed by atoms with Gasteiger partial charge in [0.15, 0.2) is 0 Å². The molecule has 0 bridgehead atoms. The molecule has 78 valence electrons. The Morgan fingerprint density at radius 3 is 2.14 bits per heavy atom. The number of benzene rings is 1. The summed E-state index contributed by atoms with van der Waals surface area (Å²) in [4.78, 5) is 2.07. The largest absolute Gasteiger partial charge is 0.392 e. The second-order valence-corrected chi connectivity index (χ2v) is 4.08. The first-order valence-electron chi connectivity index (χ1n) is 4.96. The van der Waals surface area contributed by atoms with Crippen molar-refractivity contribution in [3.05, 3.63) is 29.3 Å². The van der Waals surface area contributed by atoms with Gasteiger partial charge >= 0.3 is 0 Å². The van der Waals surface area contributed by atoms with Gasteiger partial charge in [-0.2, -0.15) is 0 Å². The lowest BCUT2D eigenvalue weighted by Crippen LogP contribution is -2.26. The normalized spacial score (nSPS) is 12.6. The maximum atomic E-state index is 9.28. The number of nitrogens with zero attached hydrogens (tertiary/aromatic N) is 1. The number of anilines is 1. The smallest absolute Gasteiger partial charge is 0.0686 e. The zero-order valence-electron chi connectivity index (χ0n) is 9.41. The van der Waals surface area contributed by atoms with Crippen LogP contribution in [-0.4, -0.2) is 24.8 Å². The van der Waals surface area contributed by atoms with E-state index in [4.69, 9.17) is 0 Å². The van der Waals surface area contributed by atoms with Gasteiger partial charge in [0.2, 0.25) is 0 Å². The van der Waals surface area contributed by atoms with Crippen molar-refractivity contribution in [3.8, 4) is 0 Å². The van der Waals surface area contributed by atoms with Crippen LogP contribution in [0.2, 0.25) is 0 Å². The summed E-state index contributed by atoms with van der Waals surface area (Å²) < 4.78 is 0. The Balaban J connectivity index is 2.84. The van der Waals surface area contributed by atoms with Gasteiger partial charge in [0, 0.05) is 19.3 Å². The van der Waals surface area contributed by atoms with Crippen LogP contribution in [0.4, 0.5) is 5.69 Å². The van der Waals surface area contributed by atoms with Crippen molar-refractivity contribution in [3.63, 3.8) is 0 Å². The summed E-state index contributed by atoms with van der Waals surface area (Å²) in [6.07, 6.45) is -0.291. The molecule has 0 saturated carbocycles. The number of aryl methyl sites for hydroxylation is 2. The lowest BCUT2D eigenvalue weighted by atomic mass is 10.1. The minimum Gasteiger partial charge on any atom is -0.392 e. The average molecular weight is 193 g/mol. The predicted molar refractivity (Wildman–Crippen MR) is 60.9 cm³/mol. The molecular formula is C12H19NO. The van der Waals surface area contributed by atoms with Crippen molar-refractivity contribution in [1.82, 2.24) is 0 Å². The molecule has 0 aliphatic rings. The van der Waals surface area contributed by atoms with Crippen LogP contribution in [0, 0.1) is 13.8 Å². The molecule has 0 fully saturated rings. The maximum Gasteiger partial charge on any atom is 0.0686 e. The van der Waals surface area contributed by atoms with Crippen molar-refractivity contribution in [2.75, 3.05) is 18.5 Å². The molecule has 0 spiro atoms. The molecule has 2 heteroatoms. The Labute approximate surface area is 86.2 Å². The Morgan fingerprint density at radius 1 is 1.21 bits per heavy atom. The molecule has 1 N–H and O–H groups in total. The standard InChI is InChI=1S/C12H19NO/c1-9-5-10(2)7-12(6-9)13(4)8-11(3)14/h5-7,11,14H,8H2,1-4H3/t11-/m1/s1. The highest BCUT2D eigenvalue weighted by molar-refractivity contribution is 5.50. The summed E-state index contributed by atoms with van der Waals surface area (Å²) >= 11 is 0. The SMILES string of the molecule is Cc1cc(C)cc(N(C)C[C@@H](C)O)c1. The highest BCUT2D eigenvalue weighted by Crippen LogP contribution is 2.17. The van der Waals surface area contributed by atoms with Gasteiger partial charge in [-0.25, -0.2) is 0 Å². The molecule has 1 atom stereocenters. The van der Waals surface area contributed by atoms with Crippen molar-refractivity contribution < 1.29 is 5.11 Å². The molecule has 0 aliphatic heterocycles. The first-order valence-corrected chi connectivity index (χ1v) is 4.96. The van der Waals surface area contributed by atoms with Crippen LogP contribution in [0.3, 0.4) is 0 Å². The second-order valence-electron chi connectivity index (χ2n) is 4.08. The quantitative estimate of drug-likeness (QED) is 0.795. The zero-order chi connectivity index (χ0) is 10.7. The van der Waals surface area contributed by atoms with E-state index in [1.165, 1.54) is 16.8 Å². The Bertz CT molecular complexity index is 287. The summed E-state index contributed by atoms with van der Waals surface area (Å²) in [7, 11) is 2.00. The van der Waals surface area contributed by atoms with E-state index in [-0.39, 0.29) is 6.10 Å². The van der Waals surface area contributed by atoms with Gasteiger partial charge in [0.25, 0.3) is 0 Å². The number of likely N-dealkylation sites (N-methyl/N-ethyl adjacent to an activating group) is 1. The van der Waals surface area contributed by atoms with Crippen LogP contribution in [0.5, 0.6) is 0 Å². The highest BCUT2D eigenvalue weighted by Gasteiger charge is 2.04. The van der Waals surface area contributed by atoms with E-state index in [1.54, 1.807) is 6.92 Å². The van der Waals surface area contributed by atoms with E-state index in [2.05, 4.69) is 36.9 Å². The van der Waals surface area contributed by atoms with Gasteiger partial charge < -0.3 is 10.0 Å². The van der Waals surface area contributed by atoms with Crippen molar-refractivity contribution >= 4 is 5.69 Å². The van der Waals surface area contributed by atoms with Crippen molar-refractivity contribution in [1.29, 1.82) is 0 Å². The lowest BCUT2D eigenvalue weighted by molar-refractivity contribution is 0.201. The molecule has 0 unspecified atom stereocenters. The average Bonchev–Trinajstić information content (AvgIpc) is 2.00. The summed E-state index contributed by atoms with van der Waals surface area (Å²) in [5.41, 5.74) is 3.69. The van der Waals surface area contributed by atoms with Gasteiger partial charge in [-0.3, -0.25) is 0 Å². The van der Waals surface area contributed by atoms with Gasteiger partial charge in [0.1, 0.15) is 0 Å². The molecule has 0 radical (unpaired) electrons. The number of aliphatic hydroxyl groups is 1. The van der Waals surface area contributed by atoms with E-state index >= 15 is 0 Å². The van der Waals surface area contributed by atoms with Gasteiger partial charge in [0.05, 0.1) is 6.10 Å². The molecule has 1 rings (SSSR count). The molecule has 0 heterocycles. The fourth-order valence-corrected chi connectivity index (χ4v) is 1.67. The summed E-state index contributed by atoms with van der Waals surface area (Å²) in [6, 6.07) is 6.42. The third-order valence-electron chi connectivity index (χ3n) is 2.19. The summed E-state index contributed by atoms with van der Waals surface area (Å²) in [5, 5.41) is 9.28. The van der Waals surface area contributed by atoms with E-state index < -0.39 is 0 Å². The molecule has 1 aromatic carbocycles. The molecule has 2 nitrogen and oxygen atoms in total. The van der Waals surface area contributed by atoms with Crippen LogP contribution in [0.15, 0.2) is 18.2 Å². The number of aliphatic hydroxyl groups excluding tert-OH is 1. The van der Waals surface area contributed by atoms with Crippen LogP contribution in [0.1, 0.15) is 18.1 Å². The first-order chi connectivity index (χ1) is 6.49. The maximum absolute atomic E-state index is 9.28. The Morgan fingerprint density at radius 2 is 1.71 bits per heavy atom. The molecule has 0 aromatic heterocycles. The second kappa shape index (κ2) is 4.47. The monoisotopic (exact) mass is 193 g/mol. The van der Waals surface area contributed by atoms with E-state index in [0.29, 0.717) is 6.54 Å². The van der Waals surface area contributed by atoms with Crippen LogP contribution in [0.25, 0.3) is 0 Å². The van der Waals surface area contributed by atoms with Gasteiger partial charge in [-0.05, 0) is 44.0 Å². The minimum absolute atomic E-state index is 0.291. The number of rotatable bonds is 3. The van der Waals surface area contributed by atoms with Crippen molar-refractivity contribution in [2.45, 2.75) is 26.9 Å². The summed E-state index contributed by atoms with van der Waals surface area (Å²) in [5.74, 6) is 0. The fraction of sp³-hybridized carbons (Fsp3) is 0.500. The minimum atomic E-state index is -0.291. The van der Waals surface area contributed by atoms with E-state index in [9.17, 15) is 5.11 Å². The fourth-order valence-electron chi connectivity index (χ4n) is 1.67. The number of hydrogen-bond donors (Lipinski definition) is 1. The van der Waals surface area contributed by atoms with E-state index in [1.807, 2.05) is 7.05 Å². The number of hydrogen-bond acceptors (Lipinski definition) is 2. The molecule has 0 aliphatic carbocycles. The van der Waals surface area contributed by atoms with Gasteiger partial charge in [-0.15, -0.1) is 0 Å². The van der Waals surface area contributed by atoms with Crippen LogP contribution in [-0.2, 0) is 0 Å². The molecule has 14 heavy (non-hydrogen) atoms. The predicted octanol–water partition coefficient (Wildman–Crippen LogP) is 2.12. The van der Waals surface area contributed by atoms with Crippen LogP contribution < -0.4 is 4.90 Å². The van der Waals surface area contributed by atoms with Gasteiger partial charge in [-0.1, -0.05) is 6.07 Å². The molecule has 1 aromatic rings. The zero-order valence-corrected chi connectivity index (χ0v) is 9.41. The van der Waals surface area contributed by atoms with Crippen molar-refractivity contribution in [2.24, 2.45) is 0 Å². The molecule has 0 amide bonds. The molecule has 0 saturated heterocycles. The Hall–Kier alpha value is -1.02. The lowest BCUT2D eigenvalue weighted by Gasteiger charge is -2.21. The molecular weight excluding hydrogens is 174 g/mol. The first kappa shape index (κ1) is 11.1. The van der Waals surface area contributed by atoms with Crippen LogP contribution >= 0.6 is 0 Å². The topological polar surface area (TPSA) is 23.5 Å². The Kier molecular flexibility index (Phi) is 3.53. The third kappa shape index (κ3) is 3.04. The highest BCUT2D eigenvalue weighted by atomic mass is 16.3. The van der Waals surface area contributed by atoms with E-state index in [0.717, 1.165) is 0 Å². The third-order valence-corrected chi connectivity index (χ3v) is 2.19. The summed E-state index contributed by atoms with van der Waals surface area (Å²) in [6.45, 7) is 6.65.